The van der Waals surface area contributed by atoms with Gasteiger partial charge in [-0.3, -0.25) is 0 Å². The van der Waals surface area contributed by atoms with E-state index in [1.807, 2.05) is 26.0 Å². The minimum Gasteiger partial charge on any atom is -0.494 e. The van der Waals surface area contributed by atoms with Gasteiger partial charge in [-0.15, -0.1) is 0 Å². The van der Waals surface area contributed by atoms with Crippen LogP contribution in [0.2, 0.25) is 0 Å². The monoisotopic (exact) mass is 305 g/mol. The van der Waals surface area contributed by atoms with Gasteiger partial charge in [0.2, 0.25) is 0 Å². The number of carboxylic acids is 1. The number of ether oxygens (including phenoxy) is 1. The normalized spacial score (nSPS) is 17.2. The van der Waals surface area contributed by atoms with Gasteiger partial charge < -0.3 is 15.2 Å². The molecule has 1 unspecified atom stereocenters. The summed E-state index contributed by atoms with van der Waals surface area (Å²) in [5.74, 6) is 1.36. The standard InChI is InChI=1S/C18H27NO3/c1-12(15-4-7-19-8-5-15)6-9-22-16-10-13(2)17(18(20)21)14(3)11-16/h10-12,15,19H,4-9H2,1-3H3,(H,20,21). The van der Waals surface area contributed by atoms with E-state index in [0.717, 1.165) is 42.3 Å². The third-order valence-corrected chi connectivity index (χ3v) is 4.75. The van der Waals surface area contributed by atoms with Crippen LogP contribution in [0, 0.1) is 25.7 Å². The van der Waals surface area contributed by atoms with Crippen molar-refractivity contribution in [1.29, 1.82) is 0 Å². The third kappa shape index (κ3) is 4.23. The van der Waals surface area contributed by atoms with E-state index < -0.39 is 5.97 Å². The van der Waals surface area contributed by atoms with Gasteiger partial charge in [0.1, 0.15) is 5.75 Å². The molecule has 1 saturated heterocycles. The van der Waals surface area contributed by atoms with E-state index in [4.69, 9.17) is 4.74 Å². The highest BCUT2D eigenvalue weighted by atomic mass is 16.5. The van der Waals surface area contributed by atoms with Gasteiger partial charge in [-0.25, -0.2) is 4.79 Å². The van der Waals surface area contributed by atoms with Crippen LogP contribution in [0.5, 0.6) is 5.75 Å². The maximum atomic E-state index is 11.2. The van der Waals surface area contributed by atoms with E-state index in [1.54, 1.807) is 0 Å². The number of piperidine rings is 1. The number of hydrogen-bond acceptors (Lipinski definition) is 3. The van der Waals surface area contributed by atoms with Gasteiger partial charge in [-0.2, -0.15) is 0 Å². The van der Waals surface area contributed by atoms with Crippen molar-refractivity contribution in [2.24, 2.45) is 11.8 Å². The first-order valence-corrected chi connectivity index (χ1v) is 8.17. The van der Waals surface area contributed by atoms with Gasteiger partial charge in [0.05, 0.1) is 12.2 Å². The fraction of sp³-hybridized carbons (Fsp3) is 0.611. The second kappa shape index (κ2) is 7.63. The Labute approximate surface area is 132 Å². The van der Waals surface area contributed by atoms with Gasteiger partial charge in [0.15, 0.2) is 0 Å². The average Bonchev–Trinajstić information content (AvgIpc) is 2.47. The van der Waals surface area contributed by atoms with Crippen molar-refractivity contribution < 1.29 is 14.6 Å². The van der Waals surface area contributed by atoms with E-state index >= 15 is 0 Å². The van der Waals surface area contributed by atoms with Crippen molar-refractivity contribution in [3.05, 3.63) is 28.8 Å². The Bertz CT molecular complexity index is 498. The van der Waals surface area contributed by atoms with Crippen LogP contribution in [0.4, 0.5) is 0 Å². The first-order chi connectivity index (χ1) is 10.5. The van der Waals surface area contributed by atoms with Crippen molar-refractivity contribution >= 4 is 5.97 Å². The average molecular weight is 305 g/mol. The summed E-state index contributed by atoms with van der Waals surface area (Å²) < 4.78 is 5.86. The molecule has 1 aromatic rings. The first-order valence-electron chi connectivity index (χ1n) is 8.17. The highest BCUT2D eigenvalue weighted by molar-refractivity contribution is 5.91. The summed E-state index contributed by atoms with van der Waals surface area (Å²) in [5, 5.41) is 12.6. The van der Waals surface area contributed by atoms with Crippen LogP contribution in [-0.4, -0.2) is 30.8 Å². The topological polar surface area (TPSA) is 58.6 Å². The molecule has 122 valence electrons. The van der Waals surface area contributed by atoms with Crippen LogP contribution >= 0.6 is 0 Å². The van der Waals surface area contributed by atoms with Crippen LogP contribution in [0.15, 0.2) is 12.1 Å². The van der Waals surface area contributed by atoms with Gasteiger partial charge in [0, 0.05) is 0 Å². The van der Waals surface area contributed by atoms with Crippen LogP contribution in [0.3, 0.4) is 0 Å². The molecule has 4 heteroatoms. The molecular formula is C18H27NO3. The van der Waals surface area contributed by atoms with Gasteiger partial charge in [0.25, 0.3) is 0 Å². The highest BCUT2D eigenvalue weighted by Crippen LogP contribution is 2.26. The summed E-state index contributed by atoms with van der Waals surface area (Å²) in [6, 6.07) is 3.65. The summed E-state index contributed by atoms with van der Waals surface area (Å²) in [6.07, 6.45) is 3.56. The number of nitrogens with one attached hydrogen (secondary N) is 1. The molecule has 1 atom stereocenters. The molecule has 0 aliphatic carbocycles. The predicted molar refractivity (Wildman–Crippen MR) is 87.7 cm³/mol. The summed E-state index contributed by atoms with van der Waals surface area (Å²) in [5.41, 5.74) is 1.90. The molecular weight excluding hydrogens is 278 g/mol. The number of carbonyl (C=O) groups is 1. The van der Waals surface area contributed by atoms with Crippen LogP contribution in [0.1, 0.15) is 47.7 Å². The first kappa shape index (κ1) is 16.8. The van der Waals surface area contributed by atoms with Crippen LogP contribution in [0.25, 0.3) is 0 Å². The lowest BCUT2D eigenvalue weighted by Crippen LogP contribution is -2.31. The lowest BCUT2D eigenvalue weighted by molar-refractivity contribution is 0.0695. The second-order valence-corrected chi connectivity index (χ2v) is 6.44. The minimum absolute atomic E-state index is 0.385. The fourth-order valence-corrected chi connectivity index (χ4v) is 3.36. The molecule has 0 aromatic heterocycles. The SMILES string of the molecule is Cc1cc(OCCC(C)C2CCNCC2)cc(C)c1C(=O)O. The number of aryl methyl sites for hydroxylation is 2. The Hall–Kier alpha value is -1.55. The summed E-state index contributed by atoms with van der Waals surface area (Å²) in [6.45, 7) is 8.90. The largest absolute Gasteiger partial charge is 0.494 e. The quantitative estimate of drug-likeness (QED) is 0.845. The molecule has 1 aromatic carbocycles. The fourth-order valence-electron chi connectivity index (χ4n) is 3.36. The molecule has 0 spiro atoms. The maximum Gasteiger partial charge on any atom is 0.336 e. The Kier molecular flexibility index (Phi) is 5.83. The second-order valence-electron chi connectivity index (χ2n) is 6.44. The van der Waals surface area contributed by atoms with E-state index in [9.17, 15) is 9.90 Å². The maximum absolute atomic E-state index is 11.2. The number of aromatic carboxylic acids is 1. The van der Waals surface area contributed by atoms with Crippen molar-refractivity contribution in [3.63, 3.8) is 0 Å². The molecule has 2 N–H and O–H groups in total. The van der Waals surface area contributed by atoms with E-state index in [0.29, 0.717) is 18.1 Å². The Balaban J connectivity index is 1.87. The molecule has 0 saturated carbocycles. The zero-order valence-electron chi connectivity index (χ0n) is 13.8. The van der Waals surface area contributed by atoms with E-state index in [2.05, 4.69) is 12.2 Å². The third-order valence-electron chi connectivity index (χ3n) is 4.75. The molecule has 2 rings (SSSR count). The predicted octanol–water partition coefficient (Wildman–Crippen LogP) is 3.41. The van der Waals surface area contributed by atoms with Crippen LogP contribution in [-0.2, 0) is 0 Å². The van der Waals surface area contributed by atoms with E-state index in [-0.39, 0.29) is 0 Å². The number of hydrogen-bond donors (Lipinski definition) is 2. The van der Waals surface area contributed by atoms with Gasteiger partial charge in [-0.05, 0) is 81.3 Å². The number of rotatable bonds is 6. The molecule has 1 aliphatic rings. The molecule has 1 heterocycles. The van der Waals surface area contributed by atoms with Crippen molar-refractivity contribution in [3.8, 4) is 5.75 Å². The van der Waals surface area contributed by atoms with Gasteiger partial charge >= 0.3 is 5.97 Å². The Morgan fingerprint density at radius 1 is 1.32 bits per heavy atom. The molecule has 1 aliphatic heterocycles. The zero-order chi connectivity index (χ0) is 16.1. The molecule has 0 radical (unpaired) electrons. The number of benzene rings is 1. The van der Waals surface area contributed by atoms with E-state index in [1.165, 1.54) is 12.8 Å². The van der Waals surface area contributed by atoms with Crippen molar-refractivity contribution in [2.75, 3.05) is 19.7 Å². The molecule has 0 amide bonds. The Morgan fingerprint density at radius 2 is 1.91 bits per heavy atom. The zero-order valence-corrected chi connectivity index (χ0v) is 13.8. The van der Waals surface area contributed by atoms with Crippen molar-refractivity contribution in [1.82, 2.24) is 5.32 Å². The lowest BCUT2D eigenvalue weighted by Gasteiger charge is -2.28. The summed E-state index contributed by atoms with van der Waals surface area (Å²) in [4.78, 5) is 11.2. The highest BCUT2D eigenvalue weighted by Gasteiger charge is 2.19. The summed E-state index contributed by atoms with van der Waals surface area (Å²) in [7, 11) is 0. The lowest BCUT2D eigenvalue weighted by atomic mass is 9.84. The molecule has 4 nitrogen and oxygen atoms in total. The van der Waals surface area contributed by atoms with Crippen molar-refractivity contribution in [2.45, 2.75) is 40.0 Å². The smallest absolute Gasteiger partial charge is 0.336 e. The molecule has 0 bridgehead atoms. The van der Waals surface area contributed by atoms with Crippen LogP contribution < -0.4 is 10.1 Å². The van der Waals surface area contributed by atoms with Gasteiger partial charge in [-0.1, -0.05) is 6.92 Å². The molecule has 1 fully saturated rings. The molecule has 22 heavy (non-hydrogen) atoms. The minimum atomic E-state index is -0.874. The Morgan fingerprint density at radius 3 is 2.45 bits per heavy atom. The number of carboxylic acid groups (broad SMARTS) is 1. The summed E-state index contributed by atoms with van der Waals surface area (Å²) >= 11 is 0.